The first-order valence-corrected chi connectivity index (χ1v) is 33.4. The van der Waals surface area contributed by atoms with Gasteiger partial charge in [0.2, 0.25) is 0 Å². The zero-order valence-corrected chi connectivity index (χ0v) is 53.3. The van der Waals surface area contributed by atoms with Crippen molar-refractivity contribution in [2.75, 3.05) is 47.5 Å². The van der Waals surface area contributed by atoms with Gasteiger partial charge in [-0.3, -0.25) is 18.6 Å². The van der Waals surface area contributed by atoms with Crippen LogP contribution in [0.4, 0.5) is 0 Å². The molecule has 0 aromatic carbocycles. The number of carbonyl (C=O) groups is 2. The van der Waals surface area contributed by atoms with Gasteiger partial charge in [0, 0.05) is 12.8 Å². The van der Waals surface area contributed by atoms with E-state index in [1.165, 1.54) is 25.7 Å². The summed E-state index contributed by atoms with van der Waals surface area (Å²) < 4.78 is 34.6. The lowest BCUT2D eigenvalue weighted by Crippen LogP contribution is -2.37. The lowest BCUT2D eigenvalue weighted by Gasteiger charge is -2.24. The van der Waals surface area contributed by atoms with Crippen molar-refractivity contribution in [1.29, 1.82) is 0 Å². The van der Waals surface area contributed by atoms with Gasteiger partial charge in [0.25, 0.3) is 0 Å². The molecular formula is C72H117NO8P+. The Labute approximate surface area is 502 Å². The molecule has 0 aliphatic rings. The molecule has 2 atom stereocenters. The maximum absolute atomic E-state index is 12.9. The van der Waals surface area contributed by atoms with Crippen LogP contribution in [-0.2, 0) is 32.7 Å². The molecule has 9 nitrogen and oxygen atoms in total. The summed E-state index contributed by atoms with van der Waals surface area (Å²) in [6.07, 6.45) is 92.8. The predicted molar refractivity (Wildman–Crippen MR) is 353 cm³/mol. The molecule has 0 aliphatic carbocycles. The number of carbonyl (C=O) groups excluding carboxylic acids is 2. The Bertz CT molecular complexity index is 1990. The number of phosphoric ester groups is 1. The topological polar surface area (TPSA) is 108 Å². The van der Waals surface area contributed by atoms with E-state index < -0.39 is 32.5 Å². The average molecular weight is 1160 g/mol. The highest BCUT2D eigenvalue weighted by molar-refractivity contribution is 7.47. The Balaban J connectivity index is 4.23. The maximum Gasteiger partial charge on any atom is 0.472 e. The zero-order chi connectivity index (χ0) is 59.8. The fraction of sp³-hybridized carbons (Fsp3) is 0.583. The van der Waals surface area contributed by atoms with Crippen molar-refractivity contribution >= 4 is 19.8 Å². The molecule has 0 saturated carbocycles. The van der Waals surface area contributed by atoms with E-state index >= 15 is 0 Å². The smallest absolute Gasteiger partial charge is 0.462 e. The molecule has 0 aromatic rings. The average Bonchev–Trinajstić information content (AvgIpc) is 3.46. The van der Waals surface area contributed by atoms with Crippen molar-refractivity contribution in [3.05, 3.63) is 170 Å². The minimum absolute atomic E-state index is 0.0171. The Morgan fingerprint density at radius 1 is 0.378 bits per heavy atom. The number of esters is 2. The van der Waals surface area contributed by atoms with Gasteiger partial charge < -0.3 is 18.9 Å². The van der Waals surface area contributed by atoms with Crippen molar-refractivity contribution in [2.45, 2.75) is 225 Å². The summed E-state index contributed by atoms with van der Waals surface area (Å²) >= 11 is 0. The van der Waals surface area contributed by atoms with E-state index in [2.05, 4.69) is 184 Å². The molecule has 0 aromatic heterocycles. The highest BCUT2D eigenvalue weighted by Gasteiger charge is 2.27. The van der Waals surface area contributed by atoms with Gasteiger partial charge >= 0.3 is 19.8 Å². The van der Waals surface area contributed by atoms with Crippen molar-refractivity contribution in [3.8, 4) is 0 Å². The first-order valence-electron chi connectivity index (χ1n) is 31.9. The molecule has 0 rings (SSSR count). The van der Waals surface area contributed by atoms with Crippen LogP contribution < -0.4 is 0 Å². The maximum atomic E-state index is 12.9. The molecule has 10 heteroatoms. The van der Waals surface area contributed by atoms with Crippen molar-refractivity contribution in [1.82, 2.24) is 0 Å². The number of hydrogen-bond acceptors (Lipinski definition) is 7. The molecule has 0 bridgehead atoms. The van der Waals surface area contributed by atoms with Crippen LogP contribution in [0, 0.1) is 0 Å². The van der Waals surface area contributed by atoms with Crippen molar-refractivity contribution in [3.63, 3.8) is 0 Å². The van der Waals surface area contributed by atoms with Crippen LogP contribution in [0.5, 0.6) is 0 Å². The zero-order valence-electron chi connectivity index (χ0n) is 52.4. The lowest BCUT2D eigenvalue weighted by molar-refractivity contribution is -0.870. The Morgan fingerprint density at radius 2 is 0.659 bits per heavy atom. The summed E-state index contributed by atoms with van der Waals surface area (Å²) in [5, 5.41) is 0. The summed E-state index contributed by atoms with van der Waals surface area (Å²) in [6, 6.07) is 0. The van der Waals surface area contributed by atoms with Gasteiger partial charge in [-0.1, -0.05) is 248 Å². The van der Waals surface area contributed by atoms with Gasteiger partial charge in [0.05, 0.1) is 27.7 Å². The van der Waals surface area contributed by atoms with Crippen LogP contribution in [-0.4, -0.2) is 74.9 Å². The van der Waals surface area contributed by atoms with Gasteiger partial charge in [-0.05, 0) is 128 Å². The standard InChI is InChI=1S/C72H116NO8P/c1-6-8-10-12-14-16-18-20-22-24-26-28-30-32-33-34-35-36-37-38-39-41-43-45-47-49-51-53-55-57-59-61-63-65-72(75)81-70(69-80-82(76,77)79-67-66-73(3,4)5)68-78-71(74)64-62-60-58-56-54-52-50-48-46-44-42-40-31-29-27-25-23-21-19-17-15-13-11-9-7-2/h8-11,14-17,20-23,26-29,32-33,35-36,38-40,42-43,45-46,48,70H,6-7,12-13,18-19,24-25,30-31,34,37,41,44,47,49-69H2,1-5H3/p+1/b10-8-,11-9-,16-14-,17-15-,22-20-,23-21-,28-26-,29-27-,33-32-,36-35-,39-38-,42-40-,45-43-,48-46-. The number of hydrogen-bond donors (Lipinski definition) is 1. The Hall–Kier alpha value is -4.63. The molecule has 462 valence electrons. The van der Waals surface area contributed by atoms with Crippen LogP contribution in [0.1, 0.15) is 219 Å². The fourth-order valence-corrected chi connectivity index (χ4v) is 8.66. The van der Waals surface area contributed by atoms with Crippen LogP contribution in [0.2, 0.25) is 0 Å². The number of ether oxygens (including phenoxy) is 2. The monoisotopic (exact) mass is 1150 g/mol. The molecule has 0 fully saturated rings. The molecule has 0 amide bonds. The second-order valence-electron chi connectivity index (χ2n) is 21.7. The normalized spacial score (nSPS) is 14.4. The largest absolute Gasteiger partial charge is 0.472 e. The highest BCUT2D eigenvalue weighted by Crippen LogP contribution is 2.43. The molecule has 0 saturated heterocycles. The van der Waals surface area contributed by atoms with Crippen molar-refractivity contribution < 1.29 is 42.1 Å². The first-order chi connectivity index (χ1) is 40.0. The van der Waals surface area contributed by atoms with Gasteiger partial charge in [-0.15, -0.1) is 0 Å². The number of allylic oxidation sites excluding steroid dienone is 28. The Kier molecular flexibility index (Phi) is 57.5. The molecule has 0 spiro atoms. The van der Waals surface area contributed by atoms with E-state index in [0.717, 1.165) is 154 Å². The van der Waals surface area contributed by atoms with E-state index in [4.69, 9.17) is 18.5 Å². The number of likely N-dealkylation sites (N-methyl/N-ethyl adjacent to an activating group) is 1. The number of rotatable bonds is 56. The SMILES string of the molecule is CC/C=C\C/C=C\C/C=C\C/C=C\C/C=C\C/C=C\C/C=C\C/C=C\CCCCCCCCCCC(=O)OC(COC(=O)CCCCCCCC/C=C\C/C=C\C/C=C\C/C=C\C/C=C\C/C=C\CC)COP(=O)(O)OCC[N+](C)(C)C. The number of nitrogens with zero attached hydrogens (tertiary/aromatic N) is 1. The summed E-state index contributed by atoms with van der Waals surface area (Å²) in [5.41, 5.74) is 0. The molecular weight excluding hydrogens is 1040 g/mol. The number of phosphoric acid groups is 1. The second kappa shape index (κ2) is 60.9. The molecule has 0 aliphatic heterocycles. The van der Waals surface area contributed by atoms with Crippen LogP contribution >= 0.6 is 7.82 Å². The van der Waals surface area contributed by atoms with E-state index in [1.54, 1.807) is 0 Å². The van der Waals surface area contributed by atoms with Crippen LogP contribution in [0.25, 0.3) is 0 Å². The van der Waals surface area contributed by atoms with E-state index in [0.29, 0.717) is 23.9 Å². The third-order valence-corrected chi connectivity index (χ3v) is 13.7. The predicted octanol–water partition coefficient (Wildman–Crippen LogP) is 20.6. The van der Waals surface area contributed by atoms with Gasteiger partial charge in [0.15, 0.2) is 6.10 Å². The summed E-state index contributed by atoms with van der Waals surface area (Å²) in [7, 11) is 1.44. The minimum atomic E-state index is -4.41. The lowest BCUT2D eigenvalue weighted by atomic mass is 10.1. The van der Waals surface area contributed by atoms with Crippen LogP contribution in [0.3, 0.4) is 0 Å². The van der Waals surface area contributed by atoms with E-state index in [-0.39, 0.29) is 26.1 Å². The molecule has 2 unspecified atom stereocenters. The Morgan fingerprint density at radius 3 is 0.976 bits per heavy atom. The van der Waals surface area contributed by atoms with E-state index in [9.17, 15) is 19.0 Å². The van der Waals surface area contributed by atoms with Gasteiger partial charge in [-0.25, -0.2) is 4.57 Å². The van der Waals surface area contributed by atoms with Gasteiger partial charge in [-0.2, -0.15) is 0 Å². The molecule has 82 heavy (non-hydrogen) atoms. The van der Waals surface area contributed by atoms with E-state index in [1.807, 2.05) is 21.1 Å². The van der Waals surface area contributed by atoms with Crippen molar-refractivity contribution in [2.24, 2.45) is 0 Å². The molecule has 0 heterocycles. The first kappa shape index (κ1) is 77.4. The summed E-state index contributed by atoms with van der Waals surface area (Å²) in [5.74, 6) is -0.837. The summed E-state index contributed by atoms with van der Waals surface area (Å²) in [6.45, 7) is 4.15. The minimum Gasteiger partial charge on any atom is -0.462 e. The third kappa shape index (κ3) is 64.5. The quantitative estimate of drug-likeness (QED) is 0.0211. The second-order valence-corrected chi connectivity index (χ2v) is 23.1. The fourth-order valence-electron chi connectivity index (χ4n) is 7.92. The van der Waals surface area contributed by atoms with Gasteiger partial charge in [0.1, 0.15) is 19.8 Å². The number of quaternary nitrogens is 1. The number of unbranched alkanes of at least 4 members (excludes halogenated alkanes) is 14. The summed E-state index contributed by atoms with van der Waals surface area (Å²) in [4.78, 5) is 35.8. The van der Waals surface area contributed by atoms with Crippen LogP contribution in [0.15, 0.2) is 170 Å². The molecule has 0 radical (unpaired) electrons. The third-order valence-electron chi connectivity index (χ3n) is 12.7. The molecule has 1 N–H and O–H groups in total. The highest BCUT2D eigenvalue weighted by atomic mass is 31.2.